The van der Waals surface area contributed by atoms with E-state index in [9.17, 15) is 0 Å². The molecule has 0 aliphatic heterocycles. The molecule has 0 N–H and O–H groups in total. The van der Waals surface area contributed by atoms with Crippen molar-refractivity contribution in [2.75, 3.05) is 0 Å². The van der Waals surface area contributed by atoms with Crippen molar-refractivity contribution < 1.29 is 0 Å². The van der Waals surface area contributed by atoms with Crippen LogP contribution in [0.5, 0.6) is 0 Å². The second-order valence-corrected chi connectivity index (χ2v) is 4.78. The zero-order valence-electron chi connectivity index (χ0n) is 10.5. The van der Waals surface area contributed by atoms with E-state index in [0.29, 0.717) is 5.92 Å². The Kier molecular flexibility index (Phi) is 3.92. The maximum atomic E-state index is 4.43. The van der Waals surface area contributed by atoms with Crippen LogP contribution in [0.4, 0.5) is 0 Å². The highest BCUT2D eigenvalue weighted by molar-refractivity contribution is 5.30. The highest BCUT2D eigenvalue weighted by Gasteiger charge is 2.20. The van der Waals surface area contributed by atoms with Crippen molar-refractivity contribution in [1.82, 2.24) is 10.2 Å². The molecule has 16 heavy (non-hydrogen) atoms. The van der Waals surface area contributed by atoms with Crippen molar-refractivity contribution >= 4 is 0 Å². The van der Waals surface area contributed by atoms with Crippen molar-refractivity contribution in [1.29, 1.82) is 0 Å². The number of hydrogen-bond acceptors (Lipinski definition) is 2. The molecule has 0 bridgehead atoms. The average Bonchev–Trinajstić information content (AvgIpc) is 2.38. The van der Waals surface area contributed by atoms with Crippen molar-refractivity contribution in [3.63, 3.8) is 0 Å². The highest BCUT2D eigenvalue weighted by atomic mass is 15.1. The Morgan fingerprint density at radius 1 is 1.12 bits per heavy atom. The van der Waals surface area contributed by atoms with Crippen LogP contribution in [0.3, 0.4) is 0 Å². The van der Waals surface area contributed by atoms with E-state index in [4.69, 9.17) is 0 Å². The molecule has 0 saturated heterocycles. The van der Waals surface area contributed by atoms with Crippen LogP contribution in [0, 0.1) is 0 Å². The molecular formula is C14H22N2. The summed E-state index contributed by atoms with van der Waals surface area (Å²) in [4.78, 5) is 0. The second kappa shape index (κ2) is 5.42. The van der Waals surface area contributed by atoms with Gasteiger partial charge in [0.1, 0.15) is 0 Å². The predicted octanol–water partition coefficient (Wildman–Crippen LogP) is 3.65. The molecule has 1 saturated carbocycles. The quantitative estimate of drug-likeness (QED) is 0.774. The Bertz CT molecular complexity index is 341. The lowest BCUT2D eigenvalue weighted by atomic mass is 9.84. The first kappa shape index (κ1) is 11.6. The smallest absolute Gasteiger partial charge is 0.0696 e. The number of hydrogen-bond donors (Lipinski definition) is 0. The van der Waals surface area contributed by atoms with Gasteiger partial charge in [0, 0.05) is 5.92 Å². The molecule has 1 aliphatic rings. The minimum Gasteiger partial charge on any atom is -0.159 e. The third-order valence-corrected chi connectivity index (χ3v) is 3.80. The molecule has 0 amide bonds. The summed E-state index contributed by atoms with van der Waals surface area (Å²) in [5.74, 6) is 0.683. The Labute approximate surface area is 98.5 Å². The average molecular weight is 218 g/mol. The molecule has 2 heteroatoms. The van der Waals surface area contributed by atoms with Gasteiger partial charge in [0.25, 0.3) is 0 Å². The van der Waals surface area contributed by atoms with Crippen LogP contribution in [-0.2, 0) is 12.8 Å². The zero-order chi connectivity index (χ0) is 11.4. The molecule has 1 aliphatic carbocycles. The van der Waals surface area contributed by atoms with Crippen LogP contribution in [0.15, 0.2) is 6.20 Å². The van der Waals surface area contributed by atoms with E-state index < -0.39 is 0 Å². The van der Waals surface area contributed by atoms with Gasteiger partial charge in [-0.05, 0) is 36.8 Å². The summed E-state index contributed by atoms with van der Waals surface area (Å²) in [6, 6.07) is 0. The van der Waals surface area contributed by atoms with Crippen molar-refractivity contribution in [2.45, 2.75) is 64.7 Å². The minimum absolute atomic E-state index is 0.683. The molecule has 1 fully saturated rings. The fourth-order valence-electron chi connectivity index (χ4n) is 2.88. The molecule has 0 spiro atoms. The summed E-state index contributed by atoms with van der Waals surface area (Å²) in [5.41, 5.74) is 4.18. The van der Waals surface area contributed by atoms with Crippen LogP contribution in [0.1, 0.15) is 68.7 Å². The van der Waals surface area contributed by atoms with E-state index in [0.717, 1.165) is 12.8 Å². The third kappa shape index (κ3) is 2.26. The molecule has 0 atom stereocenters. The standard InChI is InChI=1S/C14H22N2/c1-3-11-10-15-16-14(13(11)4-2)12-8-6-5-7-9-12/h10,12H,3-9H2,1-2H3. The van der Waals surface area contributed by atoms with Gasteiger partial charge in [-0.25, -0.2) is 0 Å². The topological polar surface area (TPSA) is 25.8 Å². The van der Waals surface area contributed by atoms with Gasteiger partial charge < -0.3 is 0 Å². The van der Waals surface area contributed by atoms with Crippen LogP contribution in [0.2, 0.25) is 0 Å². The molecule has 1 heterocycles. The van der Waals surface area contributed by atoms with E-state index >= 15 is 0 Å². The van der Waals surface area contributed by atoms with Crippen LogP contribution >= 0.6 is 0 Å². The lowest BCUT2D eigenvalue weighted by Gasteiger charge is -2.23. The molecule has 2 nitrogen and oxygen atoms in total. The number of aryl methyl sites for hydroxylation is 1. The SMILES string of the molecule is CCc1cnnc(C2CCCCC2)c1CC. The van der Waals surface area contributed by atoms with E-state index in [1.54, 1.807) is 0 Å². The molecular weight excluding hydrogens is 196 g/mol. The van der Waals surface area contributed by atoms with Gasteiger partial charge in [0.2, 0.25) is 0 Å². The largest absolute Gasteiger partial charge is 0.159 e. The van der Waals surface area contributed by atoms with Gasteiger partial charge in [-0.3, -0.25) is 0 Å². The number of rotatable bonds is 3. The van der Waals surface area contributed by atoms with Gasteiger partial charge in [0.15, 0.2) is 0 Å². The molecule has 1 aromatic heterocycles. The fourth-order valence-corrected chi connectivity index (χ4v) is 2.88. The molecule has 0 unspecified atom stereocenters. The maximum Gasteiger partial charge on any atom is 0.0696 e. The minimum atomic E-state index is 0.683. The summed E-state index contributed by atoms with van der Waals surface area (Å²) in [5, 5.41) is 8.62. The van der Waals surface area contributed by atoms with E-state index in [-0.39, 0.29) is 0 Å². The first-order valence-corrected chi connectivity index (χ1v) is 6.70. The van der Waals surface area contributed by atoms with Gasteiger partial charge in [-0.15, -0.1) is 0 Å². The van der Waals surface area contributed by atoms with Gasteiger partial charge in [-0.1, -0.05) is 33.1 Å². The molecule has 0 radical (unpaired) electrons. The molecule has 0 aromatic carbocycles. The third-order valence-electron chi connectivity index (χ3n) is 3.80. The Morgan fingerprint density at radius 2 is 1.88 bits per heavy atom. The first-order chi connectivity index (χ1) is 7.86. The Morgan fingerprint density at radius 3 is 2.50 bits per heavy atom. The lowest BCUT2D eigenvalue weighted by Crippen LogP contribution is -2.12. The Hall–Kier alpha value is -0.920. The van der Waals surface area contributed by atoms with E-state index in [1.807, 2.05) is 6.20 Å². The molecule has 2 rings (SSSR count). The summed E-state index contributed by atoms with van der Waals surface area (Å²) in [7, 11) is 0. The fraction of sp³-hybridized carbons (Fsp3) is 0.714. The van der Waals surface area contributed by atoms with Gasteiger partial charge in [0.05, 0.1) is 11.9 Å². The number of aromatic nitrogens is 2. The van der Waals surface area contributed by atoms with Crippen LogP contribution < -0.4 is 0 Å². The van der Waals surface area contributed by atoms with Gasteiger partial charge >= 0.3 is 0 Å². The van der Waals surface area contributed by atoms with Crippen LogP contribution in [0.25, 0.3) is 0 Å². The first-order valence-electron chi connectivity index (χ1n) is 6.70. The van der Waals surface area contributed by atoms with E-state index in [2.05, 4.69) is 24.0 Å². The lowest BCUT2D eigenvalue weighted by molar-refractivity contribution is 0.431. The zero-order valence-corrected chi connectivity index (χ0v) is 10.5. The van der Waals surface area contributed by atoms with Crippen molar-refractivity contribution in [2.24, 2.45) is 0 Å². The van der Waals surface area contributed by atoms with Gasteiger partial charge in [-0.2, -0.15) is 10.2 Å². The van der Waals surface area contributed by atoms with Crippen molar-refractivity contribution in [3.05, 3.63) is 23.0 Å². The summed E-state index contributed by atoms with van der Waals surface area (Å²) < 4.78 is 0. The number of nitrogens with zero attached hydrogens (tertiary/aromatic N) is 2. The predicted molar refractivity (Wildman–Crippen MR) is 66.6 cm³/mol. The Balaban J connectivity index is 2.30. The normalized spacial score (nSPS) is 17.6. The second-order valence-electron chi connectivity index (χ2n) is 4.78. The molecule has 88 valence electrons. The van der Waals surface area contributed by atoms with E-state index in [1.165, 1.54) is 48.9 Å². The summed E-state index contributed by atoms with van der Waals surface area (Å²) in [6.45, 7) is 4.45. The van der Waals surface area contributed by atoms with Crippen LogP contribution in [-0.4, -0.2) is 10.2 Å². The monoisotopic (exact) mass is 218 g/mol. The van der Waals surface area contributed by atoms with Crippen molar-refractivity contribution in [3.8, 4) is 0 Å². The summed E-state index contributed by atoms with van der Waals surface area (Å²) >= 11 is 0. The summed E-state index contributed by atoms with van der Waals surface area (Å²) in [6.07, 6.45) is 10.9. The highest BCUT2D eigenvalue weighted by Crippen LogP contribution is 2.33. The molecule has 1 aromatic rings. The maximum absolute atomic E-state index is 4.43.